The number of nitrogens with one attached hydrogen (secondary N) is 2. The van der Waals surface area contributed by atoms with Crippen molar-refractivity contribution in [3.8, 4) is 0 Å². The van der Waals surface area contributed by atoms with Crippen LogP contribution in [0.1, 0.15) is 90.9 Å². The summed E-state index contributed by atoms with van der Waals surface area (Å²) in [5.74, 6) is 0. The fourth-order valence-electron chi connectivity index (χ4n) is 3.84. The van der Waals surface area contributed by atoms with Gasteiger partial charge in [0.1, 0.15) is 6.10 Å². The summed E-state index contributed by atoms with van der Waals surface area (Å²) in [4.78, 5) is 12.0. The van der Waals surface area contributed by atoms with Crippen LogP contribution in [0, 0.1) is 0 Å². The van der Waals surface area contributed by atoms with Crippen LogP contribution >= 0.6 is 0 Å². The molecule has 0 aliphatic heterocycles. The van der Waals surface area contributed by atoms with Crippen molar-refractivity contribution in [2.45, 2.75) is 128 Å². The number of methoxy groups -OCH3 is 1. The van der Waals surface area contributed by atoms with Crippen molar-refractivity contribution in [3.63, 3.8) is 0 Å². The molecule has 0 aliphatic carbocycles. The average molecular weight is 535 g/mol. The van der Waals surface area contributed by atoms with Gasteiger partial charge in [-0.1, -0.05) is 83.3 Å². The van der Waals surface area contributed by atoms with E-state index in [0.717, 1.165) is 12.8 Å². The molecule has 0 aromatic rings. The minimum atomic E-state index is -1.60. The molecule has 0 aliphatic rings. The monoisotopic (exact) mass is 534 g/mol. The van der Waals surface area contributed by atoms with Crippen molar-refractivity contribution in [2.75, 3.05) is 27.4 Å². The van der Waals surface area contributed by atoms with E-state index in [-0.39, 0.29) is 6.61 Å². The van der Waals surface area contributed by atoms with Gasteiger partial charge in [-0.15, -0.1) is 0 Å². The number of rotatable bonds is 24. The van der Waals surface area contributed by atoms with Crippen molar-refractivity contribution < 1.29 is 39.4 Å². The maximum atomic E-state index is 12.0. The third-order valence-corrected chi connectivity index (χ3v) is 6.17. The Morgan fingerprint density at radius 3 is 2.00 bits per heavy atom. The third kappa shape index (κ3) is 18.6. The molecule has 6 N–H and O–H groups in total. The van der Waals surface area contributed by atoms with Crippen LogP contribution in [0.4, 0.5) is 4.79 Å². The SMILES string of the molecule is CCCCCCCCCCCCC/C=C/[C@H](OC)[C@H](COC(OC(O)CO)C(O)C(C)O)NC(=O)NC. The molecule has 10 nitrogen and oxygen atoms in total. The predicted octanol–water partition coefficient (Wildman–Crippen LogP) is 2.97. The predicted molar refractivity (Wildman–Crippen MR) is 144 cm³/mol. The Hall–Kier alpha value is -1.27. The molecule has 0 aromatic heterocycles. The highest BCUT2D eigenvalue weighted by molar-refractivity contribution is 5.73. The van der Waals surface area contributed by atoms with Crippen molar-refractivity contribution >= 4 is 6.03 Å². The molecule has 0 rings (SSSR count). The number of hydrogen-bond donors (Lipinski definition) is 6. The first-order chi connectivity index (χ1) is 17.8. The summed E-state index contributed by atoms with van der Waals surface area (Å²) in [5, 5.41) is 43.7. The third-order valence-electron chi connectivity index (χ3n) is 6.17. The van der Waals surface area contributed by atoms with Gasteiger partial charge in [-0.3, -0.25) is 0 Å². The normalized spacial score (nSPS) is 16.8. The van der Waals surface area contributed by atoms with E-state index in [9.17, 15) is 20.1 Å². The van der Waals surface area contributed by atoms with Gasteiger partial charge in [0.05, 0.1) is 31.5 Å². The number of aliphatic hydroxyl groups excluding tert-OH is 4. The second-order valence-corrected chi connectivity index (χ2v) is 9.49. The molecule has 0 saturated heterocycles. The van der Waals surface area contributed by atoms with Crippen LogP contribution in [-0.2, 0) is 14.2 Å². The number of carbonyl (C=O) groups excluding carboxylic acids is 1. The molecule has 0 fully saturated rings. The Morgan fingerprint density at radius 1 is 0.946 bits per heavy atom. The number of unbranched alkanes of at least 4 members (excludes halogenated alkanes) is 11. The summed E-state index contributed by atoms with van der Waals surface area (Å²) in [7, 11) is 3.00. The highest BCUT2D eigenvalue weighted by atomic mass is 16.7. The molecule has 2 amide bonds. The lowest BCUT2D eigenvalue weighted by molar-refractivity contribution is -0.279. The fourth-order valence-corrected chi connectivity index (χ4v) is 3.84. The number of amides is 2. The summed E-state index contributed by atoms with van der Waals surface area (Å²) >= 11 is 0. The molecule has 37 heavy (non-hydrogen) atoms. The summed E-state index contributed by atoms with van der Waals surface area (Å²) in [6.45, 7) is 2.71. The number of ether oxygens (including phenoxy) is 3. The molecule has 0 aromatic carbocycles. The average Bonchev–Trinajstić information content (AvgIpc) is 2.89. The zero-order valence-corrected chi connectivity index (χ0v) is 23.4. The Morgan fingerprint density at radius 2 is 1.51 bits per heavy atom. The van der Waals surface area contributed by atoms with Gasteiger partial charge in [0, 0.05) is 14.2 Å². The van der Waals surface area contributed by atoms with E-state index in [1.165, 1.54) is 85.3 Å². The van der Waals surface area contributed by atoms with Crippen LogP contribution in [0.25, 0.3) is 0 Å². The summed E-state index contributed by atoms with van der Waals surface area (Å²) < 4.78 is 16.2. The van der Waals surface area contributed by atoms with Gasteiger partial charge < -0.3 is 45.3 Å². The minimum absolute atomic E-state index is 0.151. The van der Waals surface area contributed by atoms with E-state index < -0.39 is 49.6 Å². The molecule has 0 saturated carbocycles. The van der Waals surface area contributed by atoms with Crippen molar-refractivity contribution in [2.24, 2.45) is 0 Å². The number of hydrogen-bond acceptors (Lipinski definition) is 8. The van der Waals surface area contributed by atoms with Gasteiger partial charge >= 0.3 is 6.03 Å². The van der Waals surface area contributed by atoms with Gasteiger partial charge in [-0.05, 0) is 19.8 Å². The fraction of sp³-hybridized carbons (Fsp3) is 0.889. The molecule has 6 atom stereocenters. The molecule has 0 bridgehead atoms. The Labute approximate surface area is 223 Å². The van der Waals surface area contributed by atoms with E-state index in [4.69, 9.17) is 19.3 Å². The van der Waals surface area contributed by atoms with Gasteiger partial charge in [-0.25, -0.2) is 4.79 Å². The van der Waals surface area contributed by atoms with Gasteiger partial charge in [0.25, 0.3) is 0 Å². The van der Waals surface area contributed by atoms with E-state index in [1.807, 2.05) is 12.2 Å². The maximum Gasteiger partial charge on any atom is 0.314 e. The largest absolute Gasteiger partial charge is 0.391 e. The molecule has 0 heterocycles. The smallest absolute Gasteiger partial charge is 0.314 e. The lowest BCUT2D eigenvalue weighted by Crippen LogP contribution is -2.51. The highest BCUT2D eigenvalue weighted by Gasteiger charge is 2.30. The summed E-state index contributed by atoms with van der Waals surface area (Å²) in [6, 6.07) is -1.10. The zero-order valence-electron chi connectivity index (χ0n) is 23.4. The van der Waals surface area contributed by atoms with Crippen LogP contribution < -0.4 is 10.6 Å². The minimum Gasteiger partial charge on any atom is -0.391 e. The first-order valence-corrected chi connectivity index (χ1v) is 13.9. The zero-order chi connectivity index (χ0) is 27.9. The Balaban J connectivity index is 4.65. The number of urea groups is 1. The maximum absolute atomic E-state index is 12.0. The first-order valence-electron chi connectivity index (χ1n) is 13.9. The first kappa shape index (κ1) is 35.7. The number of aliphatic hydroxyl groups is 4. The van der Waals surface area contributed by atoms with Crippen molar-refractivity contribution in [3.05, 3.63) is 12.2 Å². The quantitative estimate of drug-likeness (QED) is 0.0629. The van der Waals surface area contributed by atoms with E-state index in [0.29, 0.717) is 0 Å². The van der Waals surface area contributed by atoms with E-state index >= 15 is 0 Å². The molecule has 0 spiro atoms. The van der Waals surface area contributed by atoms with Crippen LogP contribution in [0.5, 0.6) is 0 Å². The van der Waals surface area contributed by atoms with Crippen LogP contribution in [0.3, 0.4) is 0 Å². The molecular formula is C27H54N2O8. The molecular weight excluding hydrogens is 480 g/mol. The lowest BCUT2D eigenvalue weighted by Gasteiger charge is -2.30. The van der Waals surface area contributed by atoms with Gasteiger partial charge in [0.2, 0.25) is 0 Å². The summed E-state index contributed by atoms with van der Waals surface area (Å²) in [6.07, 6.45) is 12.6. The highest BCUT2D eigenvalue weighted by Crippen LogP contribution is 2.14. The summed E-state index contributed by atoms with van der Waals surface area (Å²) in [5.41, 5.74) is 0. The second kappa shape index (κ2) is 23.8. The van der Waals surface area contributed by atoms with E-state index in [2.05, 4.69) is 17.6 Å². The standard InChI is InChI=1S/C27H54N2O8/c1-5-6-7-8-9-10-11-12-13-14-15-16-17-18-23(35-4)22(29-27(34)28-3)20-36-26(25(33)21(2)31)37-24(32)19-30/h17-18,21-26,30-33H,5-16,19-20H2,1-4H3,(H2,28,29,34)/b18-17+/t21?,22-,23-,24?,25?,26?/m0/s1. The van der Waals surface area contributed by atoms with Gasteiger partial charge in [0.15, 0.2) is 12.6 Å². The number of allylic oxidation sites excluding steroid dienone is 1. The lowest BCUT2D eigenvalue weighted by atomic mass is 10.0. The Bertz CT molecular complexity index is 565. The molecule has 0 radical (unpaired) electrons. The van der Waals surface area contributed by atoms with Crippen molar-refractivity contribution in [1.82, 2.24) is 10.6 Å². The Kier molecular flexibility index (Phi) is 23.0. The van der Waals surface area contributed by atoms with E-state index in [1.54, 1.807) is 0 Å². The van der Waals surface area contributed by atoms with Crippen LogP contribution in [0.2, 0.25) is 0 Å². The van der Waals surface area contributed by atoms with Gasteiger partial charge in [-0.2, -0.15) is 0 Å². The molecule has 4 unspecified atom stereocenters. The molecule has 10 heteroatoms. The van der Waals surface area contributed by atoms with Crippen LogP contribution in [-0.4, -0.2) is 90.8 Å². The number of carbonyl (C=O) groups is 1. The van der Waals surface area contributed by atoms with Crippen LogP contribution in [0.15, 0.2) is 12.2 Å². The van der Waals surface area contributed by atoms with Crippen molar-refractivity contribution in [1.29, 1.82) is 0 Å². The second-order valence-electron chi connectivity index (χ2n) is 9.49. The topological polar surface area (TPSA) is 150 Å². The molecule has 220 valence electrons.